The molecule has 0 aliphatic carbocycles. The highest BCUT2D eigenvalue weighted by Gasteiger charge is 2.22. The summed E-state index contributed by atoms with van der Waals surface area (Å²) < 4.78 is 10.8. The summed E-state index contributed by atoms with van der Waals surface area (Å²) in [7, 11) is 0. The maximum atomic E-state index is 6.13. The van der Waals surface area contributed by atoms with Crippen molar-refractivity contribution in [3.63, 3.8) is 0 Å². The summed E-state index contributed by atoms with van der Waals surface area (Å²) >= 11 is 0. The van der Waals surface area contributed by atoms with E-state index in [1.807, 2.05) is 36.4 Å². The summed E-state index contributed by atoms with van der Waals surface area (Å²) in [6, 6.07) is 51.8. The van der Waals surface area contributed by atoms with Crippen molar-refractivity contribution in [3.8, 4) is 16.8 Å². The molecule has 226 valence electrons. The van der Waals surface area contributed by atoms with Gasteiger partial charge in [-0.2, -0.15) is 0 Å². The van der Waals surface area contributed by atoms with E-state index in [1.165, 1.54) is 43.7 Å². The number of hydrogen-bond acceptors (Lipinski definition) is 3. The van der Waals surface area contributed by atoms with Crippen molar-refractivity contribution in [3.05, 3.63) is 146 Å². The van der Waals surface area contributed by atoms with Crippen LogP contribution < -0.4 is 0 Å². The van der Waals surface area contributed by atoms with Gasteiger partial charge >= 0.3 is 0 Å². The average molecular weight is 625 g/mol. The molecule has 0 bridgehead atoms. The van der Waals surface area contributed by atoms with E-state index in [0.717, 1.165) is 66.2 Å². The van der Waals surface area contributed by atoms with Crippen molar-refractivity contribution < 1.29 is 4.42 Å². The van der Waals surface area contributed by atoms with Crippen LogP contribution in [0.4, 0.5) is 0 Å². The van der Waals surface area contributed by atoms with Crippen LogP contribution in [0.1, 0.15) is 0 Å². The molecule has 12 rings (SSSR count). The predicted molar refractivity (Wildman–Crippen MR) is 201 cm³/mol. The fourth-order valence-electron chi connectivity index (χ4n) is 8.28. The first kappa shape index (κ1) is 25.4. The van der Waals surface area contributed by atoms with Crippen LogP contribution in [0, 0.1) is 0 Å². The lowest BCUT2D eigenvalue weighted by molar-refractivity contribution is 0.669. The van der Waals surface area contributed by atoms with Gasteiger partial charge in [0.2, 0.25) is 0 Å². The number of para-hydroxylation sites is 5. The topological polar surface area (TPSA) is 48.3 Å². The highest BCUT2D eigenvalue weighted by Crippen LogP contribution is 2.42. The molecule has 0 spiro atoms. The van der Waals surface area contributed by atoms with Crippen LogP contribution in [-0.4, -0.2) is 18.9 Å². The molecule has 0 saturated carbocycles. The fraction of sp³-hybridized carbons (Fsp3) is 0. The van der Waals surface area contributed by atoms with Crippen LogP contribution in [0.15, 0.2) is 150 Å². The van der Waals surface area contributed by atoms with Crippen LogP contribution in [-0.2, 0) is 0 Å². The first-order valence-electron chi connectivity index (χ1n) is 16.6. The zero-order valence-electron chi connectivity index (χ0n) is 26.1. The Labute approximate surface area is 278 Å². The molecule has 0 saturated heterocycles. The van der Waals surface area contributed by atoms with E-state index < -0.39 is 0 Å². The molecule has 5 heteroatoms. The Morgan fingerprint density at radius 3 is 1.90 bits per heavy atom. The van der Waals surface area contributed by atoms with Gasteiger partial charge in [-0.15, -0.1) is 0 Å². The van der Waals surface area contributed by atoms with E-state index in [1.54, 1.807) is 0 Å². The van der Waals surface area contributed by atoms with Gasteiger partial charge in [0.15, 0.2) is 5.65 Å². The van der Waals surface area contributed by atoms with Gasteiger partial charge in [-0.1, -0.05) is 78.9 Å². The van der Waals surface area contributed by atoms with E-state index in [4.69, 9.17) is 14.4 Å². The molecule has 12 aromatic rings. The first-order chi connectivity index (χ1) is 24.3. The van der Waals surface area contributed by atoms with Gasteiger partial charge in [0.05, 0.1) is 33.1 Å². The summed E-state index contributed by atoms with van der Waals surface area (Å²) in [5.74, 6) is 0. The molecule has 0 amide bonds. The van der Waals surface area contributed by atoms with E-state index in [2.05, 4.69) is 118 Å². The smallest absolute Gasteiger partial charge is 0.165 e. The Balaban J connectivity index is 1.15. The third-order valence-electron chi connectivity index (χ3n) is 10.4. The van der Waals surface area contributed by atoms with Gasteiger partial charge in [-0.05, 0) is 77.9 Å². The number of hydrogen-bond donors (Lipinski definition) is 0. The van der Waals surface area contributed by atoms with Gasteiger partial charge in [-0.25, -0.2) is 9.97 Å². The molecule has 0 atom stereocenters. The maximum Gasteiger partial charge on any atom is 0.165 e. The molecule has 49 heavy (non-hydrogen) atoms. The summed E-state index contributed by atoms with van der Waals surface area (Å²) in [5, 5.41) is 8.25. The monoisotopic (exact) mass is 624 g/mol. The van der Waals surface area contributed by atoms with Crippen molar-refractivity contribution in [2.24, 2.45) is 0 Å². The molecule has 0 fully saturated rings. The molecule has 0 N–H and O–H groups in total. The summed E-state index contributed by atoms with van der Waals surface area (Å²) in [5.41, 5.74) is 13.6. The summed E-state index contributed by atoms with van der Waals surface area (Å²) in [6.45, 7) is 0. The molecule has 5 nitrogen and oxygen atoms in total. The molecular formula is C44H24N4O. The Bertz CT molecular complexity index is 3340. The Morgan fingerprint density at radius 1 is 0.429 bits per heavy atom. The largest absolute Gasteiger partial charge is 0.456 e. The highest BCUT2D eigenvalue weighted by atomic mass is 16.3. The standard InChI is InChI=1S/C44H24N4O/c1-6-14-37-28(9-1)31-21-25(26-18-20-41-32(22-26)30-11-3-8-16-40(30)49-41)17-19-39(31)47(37)27-23-33-29-10-2-7-15-38(29)48-43(33)34(24-27)42-44(48)46-36-13-5-4-12-35(36)45-42/h1-24H. The van der Waals surface area contributed by atoms with Gasteiger partial charge in [0.25, 0.3) is 0 Å². The number of furan rings is 1. The fourth-order valence-corrected chi connectivity index (χ4v) is 8.28. The minimum atomic E-state index is 0.895. The predicted octanol–water partition coefficient (Wildman–Crippen LogP) is 11.4. The maximum absolute atomic E-state index is 6.13. The van der Waals surface area contributed by atoms with Gasteiger partial charge < -0.3 is 8.98 Å². The van der Waals surface area contributed by atoms with Crippen molar-refractivity contribution in [2.75, 3.05) is 0 Å². The normalized spacial score (nSPS) is 12.5. The minimum Gasteiger partial charge on any atom is -0.456 e. The van der Waals surface area contributed by atoms with Crippen LogP contribution in [0.2, 0.25) is 0 Å². The first-order valence-corrected chi connectivity index (χ1v) is 16.6. The minimum absolute atomic E-state index is 0.895. The number of rotatable bonds is 2. The number of benzene rings is 7. The second-order valence-corrected chi connectivity index (χ2v) is 13.0. The Kier molecular flexibility index (Phi) is 4.66. The van der Waals surface area contributed by atoms with Crippen molar-refractivity contribution >= 4 is 93.1 Å². The number of nitrogens with zero attached hydrogens (tertiary/aromatic N) is 4. The number of fused-ring (bicyclic) bond motifs is 13. The SMILES string of the molecule is c1ccc2nc3c(nc2c1)c1cc(-n2c4ccccc4c4cc(-c5ccc6oc7ccccc7c6c5)ccc42)cc2c4ccccc4n3c21. The third kappa shape index (κ3) is 3.28. The lowest BCUT2D eigenvalue weighted by atomic mass is 10.0. The molecule has 5 heterocycles. The number of aromatic nitrogens is 4. The van der Waals surface area contributed by atoms with Crippen molar-refractivity contribution in [1.82, 2.24) is 18.9 Å². The van der Waals surface area contributed by atoms with Crippen molar-refractivity contribution in [2.45, 2.75) is 0 Å². The molecular weight excluding hydrogens is 601 g/mol. The quantitative estimate of drug-likeness (QED) is 0.192. The third-order valence-corrected chi connectivity index (χ3v) is 10.4. The van der Waals surface area contributed by atoms with Gasteiger partial charge in [0.1, 0.15) is 16.7 Å². The van der Waals surface area contributed by atoms with Crippen molar-refractivity contribution in [1.29, 1.82) is 0 Å². The lowest BCUT2D eigenvalue weighted by Gasteiger charge is -2.10. The van der Waals surface area contributed by atoms with Gasteiger partial charge in [0, 0.05) is 43.4 Å². The van der Waals surface area contributed by atoms with Crippen LogP contribution in [0.25, 0.3) is 110 Å². The average Bonchev–Trinajstić information content (AvgIpc) is 3.88. The van der Waals surface area contributed by atoms with E-state index in [0.29, 0.717) is 0 Å². The van der Waals surface area contributed by atoms with Crippen LogP contribution >= 0.6 is 0 Å². The lowest BCUT2D eigenvalue weighted by Crippen LogP contribution is -1.94. The molecule has 5 aromatic heterocycles. The second-order valence-electron chi connectivity index (χ2n) is 13.0. The second kappa shape index (κ2) is 9.00. The highest BCUT2D eigenvalue weighted by molar-refractivity contribution is 6.23. The van der Waals surface area contributed by atoms with E-state index in [9.17, 15) is 0 Å². The molecule has 0 aliphatic rings. The zero-order valence-corrected chi connectivity index (χ0v) is 26.1. The molecule has 0 radical (unpaired) electrons. The summed E-state index contributed by atoms with van der Waals surface area (Å²) in [6.07, 6.45) is 0. The Morgan fingerprint density at radius 2 is 1.04 bits per heavy atom. The zero-order chi connectivity index (χ0) is 31.8. The van der Waals surface area contributed by atoms with Crippen LogP contribution in [0.3, 0.4) is 0 Å². The van der Waals surface area contributed by atoms with Crippen LogP contribution in [0.5, 0.6) is 0 Å². The molecule has 0 aliphatic heterocycles. The van der Waals surface area contributed by atoms with E-state index >= 15 is 0 Å². The molecule has 7 aromatic carbocycles. The Hall–Kier alpha value is -6.72. The van der Waals surface area contributed by atoms with Gasteiger partial charge in [-0.3, -0.25) is 4.40 Å². The van der Waals surface area contributed by atoms with E-state index in [-0.39, 0.29) is 0 Å². The molecule has 0 unspecified atom stereocenters. The summed E-state index contributed by atoms with van der Waals surface area (Å²) in [4.78, 5) is 10.4.